The van der Waals surface area contributed by atoms with E-state index in [0.717, 1.165) is 11.1 Å². The zero-order chi connectivity index (χ0) is 26.4. The second-order valence-corrected chi connectivity index (χ2v) is 10.7. The Morgan fingerprint density at radius 3 is 1.89 bits per heavy atom. The first-order chi connectivity index (χ1) is 16.1. The largest absolute Gasteiger partial charge is 0.458 e. The van der Waals surface area contributed by atoms with E-state index in [-0.39, 0.29) is 5.56 Å². The van der Waals surface area contributed by atoms with Crippen molar-refractivity contribution in [1.29, 1.82) is 5.41 Å². The Balaban J connectivity index is 2.45. The topological polar surface area (TPSA) is 127 Å². The van der Waals surface area contributed by atoms with Gasteiger partial charge < -0.3 is 25.8 Å². The minimum absolute atomic E-state index is 0.252. The van der Waals surface area contributed by atoms with E-state index < -0.39 is 34.6 Å². The molecular weight excluding hydrogens is 468 g/mol. The number of carbonyl (C=O) groups is 2. The summed E-state index contributed by atoms with van der Waals surface area (Å²) in [5.41, 5.74) is 3.79. The number of halogens is 1. The molecule has 0 bridgehead atoms. The Hall–Kier alpha value is -3.10. The maximum Gasteiger partial charge on any atom is 0.349 e. The number of guanidine groups is 1. The van der Waals surface area contributed by atoms with Gasteiger partial charge in [0.25, 0.3) is 5.54 Å². The van der Waals surface area contributed by atoms with Gasteiger partial charge in [-0.2, -0.15) is 0 Å². The third-order valence-electron chi connectivity index (χ3n) is 4.66. The number of hydrogen-bond acceptors (Lipinski definition) is 6. The van der Waals surface area contributed by atoms with Crippen molar-refractivity contribution in [2.75, 3.05) is 0 Å². The van der Waals surface area contributed by atoms with Crippen LogP contribution in [-0.2, 0) is 37.7 Å². The smallest absolute Gasteiger partial charge is 0.349 e. The van der Waals surface area contributed by atoms with Crippen molar-refractivity contribution in [2.45, 2.75) is 71.4 Å². The van der Waals surface area contributed by atoms with Crippen molar-refractivity contribution in [3.05, 3.63) is 70.2 Å². The van der Waals surface area contributed by atoms with Crippen molar-refractivity contribution in [2.24, 2.45) is 5.73 Å². The fourth-order valence-electron chi connectivity index (χ4n) is 3.27. The number of ether oxygens (including phenoxy) is 2. The predicted octanol–water partition coefficient (Wildman–Crippen LogP) is 3.99. The molecule has 8 nitrogen and oxygen atoms in total. The summed E-state index contributed by atoms with van der Waals surface area (Å²) in [6, 6.07) is 14.4. The van der Waals surface area contributed by atoms with Crippen molar-refractivity contribution < 1.29 is 19.1 Å². The molecule has 0 unspecified atom stereocenters. The van der Waals surface area contributed by atoms with Crippen LogP contribution in [0, 0.1) is 5.41 Å². The second kappa shape index (κ2) is 11.1. The number of nitrogens with one attached hydrogen (secondary N) is 3. The van der Waals surface area contributed by atoms with Crippen LogP contribution in [0.1, 0.15) is 58.2 Å². The molecule has 190 valence electrons. The normalized spacial score (nSPS) is 12.1. The highest BCUT2D eigenvalue weighted by Gasteiger charge is 2.53. The molecule has 0 heterocycles. The van der Waals surface area contributed by atoms with Crippen LogP contribution in [0.3, 0.4) is 0 Å². The third-order valence-corrected chi connectivity index (χ3v) is 4.92. The summed E-state index contributed by atoms with van der Waals surface area (Å²) < 4.78 is 11.2. The third kappa shape index (κ3) is 8.26. The molecule has 0 saturated heterocycles. The second-order valence-electron chi connectivity index (χ2n) is 10.2. The standard InChI is InChI=1S/C26H35ClN4O4/c1-24(2,3)34-21(32)26(31-23(28)29,22(33)35-25(4,5)6)19-9-7-8-18(14-19)16-30-15-17-10-12-20(27)13-11-17/h7-14,30H,15-16H2,1-6H3,(H4,28,29,31). The zero-order valence-corrected chi connectivity index (χ0v) is 21.9. The van der Waals surface area contributed by atoms with Gasteiger partial charge in [0.1, 0.15) is 11.2 Å². The molecule has 2 rings (SSSR count). The van der Waals surface area contributed by atoms with Crippen LogP contribution in [0.15, 0.2) is 48.5 Å². The van der Waals surface area contributed by atoms with Crippen molar-refractivity contribution >= 4 is 29.5 Å². The number of benzene rings is 2. The van der Waals surface area contributed by atoms with Gasteiger partial charge in [0, 0.05) is 23.7 Å². The highest BCUT2D eigenvalue weighted by Crippen LogP contribution is 2.30. The maximum atomic E-state index is 13.5. The number of rotatable bonds is 8. The Kier molecular flexibility index (Phi) is 8.92. The Morgan fingerprint density at radius 2 is 1.40 bits per heavy atom. The average Bonchev–Trinajstić information content (AvgIpc) is 2.71. The molecule has 35 heavy (non-hydrogen) atoms. The van der Waals surface area contributed by atoms with E-state index in [1.165, 1.54) is 0 Å². The molecule has 0 aliphatic rings. The molecule has 0 saturated carbocycles. The van der Waals surface area contributed by atoms with Crippen molar-refractivity contribution in [1.82, 2.24) is 10.6 Å². The van der Waals surface area contributed by atoms with Crippen molar-refractivity contribution in [3.63, 3.8) is 0 Å². The maximum absolute atomic E-state index is 13.5. The molecule has 0 aliphatic carbocycles. The van der Waals surface area contributed by atoms with E-state index >= 15 is 0 Å². The molecule has 0 fully saturated rings. The minimum Gasteiger partial charge on any atom is -0.458 e. The number of hydrogen-bond donors (Lipinski definition) is 4. The molecule has 0 aromatic heterocycles. The average molecular weight is 503 g/mol. The van der Waals surface area contributed by atoms with Gasteiger partial charge in [-0.15, -0.1) is 0 Å². The van der Waals surface area contributed by atoms with Gasteiger partial charge in [-0.05, 0) is 64.8 Å². The van der Waals surface area contributed by atoms with Gasteiger partial charge in [0.2, 0.25) is 0 Å². The van der Waals surface area contributed by atoms with E-state index in [0.29, 0.717) is 18.1 Å². The van der Waals surface area contributed by atoms with Gasteiger partial charge in [0.05, 0.1) is 0 Å². The molecule has 2 aromatic carbocycles. The Morgan fingerprint density at radius 1 is 0.886 bits per heavy atom. The van der Waals surface area contributed by atoms with Crippen LogP contribution in [0.4, 0.5) is 0 Å². The lowest BCUT2D eigenvalue weighted by Gasteiger charge is -2.35. The molecule has 9 heteroatoms. The lowest BCUT2D eigenvalue weighted by atomic mass is 9.88. The van der Waals surface area contributed by atoms with Crippen LogP contribution < -0.4 is 16.4 Å². The number of esters is 2. The summed E-state index contributed by atoms with van der Waals surface area (Å²) in [6.07, 6.45) is 0. The van der Waals surface area contributed by atoms with Crippen LogP contribution in [0.2, 0.25) is 5.02 Å². The summed E-state index contributed by atoms with van der Waals surface area (Å²) in [5, 5.41) is 14.4. The number of nitrogens with two attached hydrogens (primary N) is 1. The minimum atomic E-state index is -2.17. The van der Waals surface area contributed by atoms with Gasteiger partial charge in [-0.1, -0.05) is 48.0 Å². The first kappa shape index (κ1) is 28.1. The molecule has 2 aromatic rings. The van der Waals surface area contributed by atoms with E-state index in [1.807, 2.05) is 30.3 Å². The lowest BCUT2D eigenvalue weighted by Crippen LogP contribution is -2.62. The highest BCUT2D eigenvalue weighted by atomic mass is 35.5. The molecule has 0 amide bonds. The zero-order valence-electron chi connectivity index (χ0n) is 21.1. The van der Waals surface area contributed by atoms with Crippen LogP contribution >= 0.6 is 11.6 Å². The van der Waals surface area contributed by atoms with Crippen LogP contribution in [-0.4, -0.2) is 29.1 Å². The number of carbonyl (C=O) groups excluding carboxylic acids is 2. The molecular formula is C26H35ClN4O4. The molecule has 0 spiro atoms. The molecule has 0 radical (unpaired) electrons. The van der Waals surface area contributed by atoms with Gasteiger partial charge in [0.15, 0.2) is 5.96 Å². The summed E-state index contributed by atoms with van der Waals surface area (Å²) in [7, 11) is 0. The fourth-order valence-corrected chi connectivity index (χ4v) is 3.40. The lowest BCUT2D eigenvalue weighted by molar-refractivity contribution is -0.179. The monoisotopic (exact) mass is 502 g/mol. The van der Waals surface area contributed by atoms with Gasteiger partial charge >= 0.3 is 11.9 Å². The summed E-state index contributed by atoms with van der Waals surface area (Å²) in [6.45, 7) is 11.2. The van der Waals surface area contributed by atoms with E-state index in [9.17, 15) is 9.59 Å². The van der Waals surface area contributed by atoms with E-state index in [1.54, 1.807) is 59.7 Å². The van der Waals surface area contributed by atoms with E-state index in [2.05, 4.69) is 10.6 Å². The molecule has 0 atom stereocenters. The van der Waals surface area contributed by atoms with Crippen LogP contribution in [0.25, 0.3) is 0 Å². The van der Waals surface area contributed by atoms with E-state index in [4.69, 9.17) is 32.2 Å². The van der Waals surface area contributed by atoms with Gasteiger partial charge in [-0.25, -0.2) is 9.59 Å². The summed E-state index contributed by atoms with van der Waals surface area (Å²) in [4.78, 5) is 27.0. The molecule has 0 aliphatic heterocycles. The van der Waals surface area contributed by atoms with Gasteiger partial charge in [-0.3, -0.25) is 5.41 Å². The predicted molar refractivity (Wildman–Crippen MR) is 137 cm³/mol. The SMILES string of the molecule is CC(C)(C)OC(=O)C(NC(=N)N)(C(=O)OC(C)(C)C)c1cccc(CNCc2ccc(Cl)cc2)c1. The summed E-state index contributed by atoms with van der Waals surface area (Å²) >= 11 is 5.94. The first-order valence-corrected chi connectivity index (χ1v) is 11.6. The Labute approximate surface area is 212 Å². The fraction of sp³-hybridized carbons (Fsp3) is 0.423. The quantitative estimate of drug-likeness (QED) is 0.186. The van der Waals surface area contributed by atoms with Crippen LogP contribution in [0.5, 0.6) is 0 Å². The van der Waals surface area contributed by atoms with Crippen molar-refractivity contribution in [3.8, 4) is 0 Å². The first-order valence-electron chi connectivity index (χ1n) is 11.3. The molecule has 5 N–H and O–H groups in total. The highest BCUT2D eigenvalue weighted by molar-refractivity contribution is 6.30. The Bertz CT molecular complexity index is 1030. The summed E-state index contributed by atoms with van der Waals surface area (Å²) in [5.74, 6) is -2.41.